The average Bonchev–Trinajstić information content (AvgIpc) is 2.62. The topological polar surface area (TPSA) is 57.8 Å². The smallest absolute Gasteiger partial charge is 0.174 e. The van der Waals surface area contributed by atoms with Crippen LogP contribution in [0, 0.1) is 18.3 Å². The summed E-state index contributed by atoms with van der Waals surface area (Å²) in [4.78, 5) is 0. The van der Waals surface area contributed by atoms with E-state index in [1.165, 1.54) is 5.56 Å². The number of hydrogen-bond donors (Lipinski definition) is 0. The molecule has 0 fully saturated rings. The lowest BCUT2D eigenvalue weighted by molar-refractivity contribution is 0.329. The van der Waals surface area contributed by atoms with E-state index in [9.17, 15) is 0 Å². The first-order chi connectivity index (χ1) is 11.7. The van der Waals surface area contributed by atoms with E-state index in [4.69, 9.17) is 14.7 Å². The Morgan fingerprint density at radius 1 is 1.17 bits per heavy atom. The monoisotopic (exact) mass is 323 g/mol. The molecule has 0 saturated carbocycles. The largest absolute Gasteiger partial charge is 0.493 e. The first-order valence-corrected chi connectivity index (χ1v) is 7.74. The molecule has 2 aromatic rings. The molecule has 0 saturated heterocycles. The van der Waals surface area contributed by atoms with Crippen molar-refractivity contribution < 1.29 is 9.47 Å². The van der Waals surface area contributed by atoms with Gasteiger partial charge in [0.15, 0.2) is 18.1 Å². The van der Waals surface area contributed by atoms with Crippen molar-refractivity contribution in [1.29, 1.82) is 5.26 Å². The van der Waals surface area contributed by atoms with Crippen LogP contribution >= 0.6 is 0 Å². The van der Waals surface area contributed by atoms with Crippen LogP contribution in [0.25, 0.3) is 0 Å². The first-order valence-electron chi connectivity index (χ1n) is 7.74. The molecule has 0 atom stereocenters. The summed E-state index contributed by atoms with van der Waals surface area (Å²) in [7, 11) is 1.57. The predicted octanol–water partition coefficient (Wildman–Crippen LogP) is 3.77. The molecule has 5 heteroatoms. The summed E-state index contributed by atoms with van der Waals surface area (Å²) in [6.45, 7) is 4.86. The minimum absolute atomic E-state index is 0.0131. The van der Waals surface area contributed by atoms with E-state index in [1.54, 1.807) is 19.4 Å². The summed E-state index contributed by atoms with van der Waals surface area (Å²) in [5.74, 6) is 1.12. The standard InChI is InChI=1S/C19H21N3O2/c1-4-22(17-8-5-15(2)6-9-17)21-14-16-7-10-18(24-12-11-20)19(13-16)23-3/h5-10,13-14H,4,12H2,1-3H3/b21-14+. The molecule has 0 aliphatic heterocycles. The fourth-order valence-electron chi connectivity index (χ4n) is 2.18. The van der Waals surface area contributed by atoms with Crippen molar-refractivity contribution in [3.8, 4) is 17.6 Å². The van der Waals surface area contributed by atoms with Crippen molar-refractivity contribution in [2.45, 2.75) is 13.8 Å². The van der Waals surface area contributed by atoms with Crippen LogP contribution in [0.15, 0.2) is 47.6 Å². The normalized spacial score (nSPS) is 10.4. The second-order valence-electron chi connectivity index (χ2n) is 5.15. The van der Waals surface area contributed by atoms with Gasteiger partial charge in [-0.05, 0) is 49.7 Å². The molecule has 0 aliphatic rings. The number of methoxy groups -OCH3 is 1. The number of hydrazone groups is 1. The molecule has 0 aromatic heterocycles. The Balaban J connectivity index is 2.17. The summed E-state index contributed by atoms with van der Waals surface area (Å²) >= 11 is 0. The molecular weight excluding hydrogens is 302 g/mol. The van der Waals surface area contributed by atoms with Crippen LogP contribution in [0.5, 0.6) is 11.5 Å². The number of anilines is 1. The number of nitrogens with zero attached hydrogens (tertiary/aromatic N) is 3. The third kappa shape index (κ3) is 4.50. The molecule has 24 heavy (non-hydrogen) atoms. The zero-order valence-corrected chi connectivity index (χ0v) is 14.2. The number of benzene rings is 2. The van der Waals surface area contributed by atoms with Gasteiger partial charge in [-0.3, -0.25) is 5.01 Å². The molecule has 0 amide bonds. The Bertz CT molecular complexity index is 733. The maximum Gasteiger partial charge on any atom is 0.174 e. The van der Waals surface area contributed by atoms with Crippen LogP contribution in [0.2, 0.25) is 0 Å². The number of aryl methyl sites for hydroxylation is 1. The van der Waals surface area contributed by atoms with E-state index < -0.39 is 0 Å². The Labute approximate surface area is 142 Å². The third-order valence-electron chi connectivity index (χ3n) is 3.46. The quantitative estimate of drug-likeness (QED) is 0.575. The predicted molar refractivity (Wildman–Crippen MR) is 95.9 cm³/mol. The van der Waals surface area contributed by atoms with E-state index in [-0.39, 0.29) is 6.61 Å². The lowest BCUT2D eigenvalue weighted by Crippen LogP contribution is -2.15. The molecule has 2 rings (SSSR count). The highest BCUT2D eigenvalue weighted by Gasteiger charge is 2.06. The van der Waals surface area contributed by atoms with Crippen LogP contribution < -0.4 is 14.5 Å². The van der Waals surface area contributed by atoms with Crippen molar-refractivity contribution in [2.75, 3.05) is 25.3 Å². The van der Waals surface area contributed by atoms with Crippen molar-refractivity contribution in [3.05, 3.63) is 53.6 Å². The zero-order chi connectivity index (χ0) is 17.4. The van der Waals surface area contributed by atoms with Crippen molar-refractivity contribution in [1.82, 2.24) is 0 Å². The van der Waals surface area contributed by atoms with Crippen LogP contribution in [0.1, 0.15) is 18.1 Å². The van der Waals surface area contributed by atoms with Gasteiger partial charge in [-0.15, -0.1) is 0 Å². The van der Waals surface area contributed by atoms with Crippen LogP contribution in [-0.4, -0.2) is 26.5 Å². The summed E-state index contributed by atoms with van der Waals surface area (Å²) in [5, 5.41) is 15.1. The van der Waals surface area contributed by atoms with Gasteiger partial charge in [0.2, 0.25) is 0 Å². The van der Waals surface area contributed by atoms with Gasteiger partial charge in [0.05, 0.1) is 19.0 Å². The maximum absolute atomic E-state index is 8.60. The number of ether oxygens (including phenoxy) is 2. The Kier molecular flexibility index (Phi) is 6.21. The minimum atomic E-state index is -0.0131. The summed E-state index contributed by atoms with van der Waals surface area (Å²) in [6, 6.07) is 15.7. The second-order valence-corrected chi connectivity index (χ2v) is 5.15. The minimum Gasteiger partial charge on any atom is -0.493 e. The molecule has 5 nitrogen and oxygen atoms in total. The summed E-state index contributed by atoms with van der Waals surface area (Å²) < 4.78 is 10.6. The summed E-state index contributed by atoms with van der Waals surface area (Å²) in [6.07, 6.45) is 1.78. The number of nitriles is 1. The maximum atomic E-state index is 8.60. The Morgan fingerprint density at radius 2 is 1.92 bits per heavy atom. The second kappa shape index (κ2) is 8.59. The van der Waals surface area contributed by atoms with Gasteiger partial charge in [-0.1, -0.05) is 17.7 Å². The van der Waals surface area contributed by atoms with Crippen LogP contribution in [0.3, 0.4) is 0 Å². The molecule has 0 N–H and O–H groups in total. The van der Waals surface area contributed by atoms with Gasteiger partial charge in [-0.2, -0.15) is 10.4 Å². The van der Waals surface area contributed by atoms with Gasteiger partial charge in [0.1, 0.15) is 6.07 Å². The van der Waals surface area contributed by atoms with Crippen LogP contribution in [-0.2, 0) is 0 Å². The van der Waals surface area contributed by atoms with Crippen molar-refractivity contribution in [2.24, 2.45) is 5.10 Å². The van der Waals surface area contributed by atoms with Crippen molar-refractivity contribution >= 4 is 11.9 Å². The van der Waals surface area contributed by atoms with E-state index in [1.807, 2.05) is 23.2 Å². The number of hydrogen-bond acceptors (Lipinski definition) is 5. The highest BCUT2D eigenvalue weighted by atomic mass is 16.5. The fraction of sp³-hybridized carbons (Fsp3) is 0.263. The molecule has 0 unspecified atom stereocenters. The van der Waals surface area contributed by atoms with Gasteiger partial charge < -0.3 is 9.47 Å². The van der Waals surface area contributed by atoms with Crippen LogP contribution in [0.4, 0.5) is 5.69 Å². The molecule has 0 radical (unpaired) electrons. The van der Waals surface area contributed by atoms with Crippen molar-refractivity contribution in [3.63, 3.8) is 0 Å². The van der Waals surface area contributed by atoms with Gasteiger partial charge >= 0.3 is 0 Å². The molecule has 0 aliphatic carbocycles. The lowest BCUT2D eigenvalue weighted by Gasteiger charge is -2.17. The van der Waals surface area contributed by atoms with E-state index >= 15 is 0 Å². The first kappa shape index (κ1) is 17.4. The third-order valence-corrected chi connectivity index (χ3v) is 3.46. The molecular formula is C19H21N3O2. The SMILES string of the molecule is CCN(/N=C/c1ccc(OCC#N)c(OC)c1)c1ccc(C)cc1. The Hall–Kier alpha value is -3.00. The average molecular weight is 323 g/mol. The number of rotatable bonds is 7. The fourth-order valence-corrected chi connectivity index (χ4v) is 2.18. The van der Waals surface area contributed by atoms with E-state index in [2.05, 4.69) is 43.2 Å². The zero-order valence-electron chi connectivity index (χ0n) is 14.2. The Morgan fingerprint density at radius 3 is 2.54 bits per heavy atom. The van der Waals surface area contributed by atoms with E-state index in [0.717, 1.165) is 17.8 Å². The molecule has 0 heterocycles. The molecule has 124 valence electrons. The molecule has 0 spiro atoms. The highest BCUT2D eigenvalue weighted by molar-refractivity contribution is 5.81. The lowest BCUT2D eigenvalue weighted by atomic mass is 10.2. The summed E-state index contributed by atoms with van der Waals surface area (Å²) in [5.41, 5.74) is 3.15. The molecule has 2 aromatic carbocycles. The van der Waals surface area contributed by atoms with Gasteiger partial charge in [0.25, 0.3) is 0 Å². The van der Waals surface area contributed by atoms with Gasteiger partial charge in [0, 0.05) is 6.54 Å². The molecule has 0 bridgehead atoms. The van der Waals surface area contributed by atoms with E-state index in [0.29, 0.717) is 11.5 Å². The van der Waals surface area contributed by atoms with Gasteiger partial charge in [-0.25, -0.2) is 0 Å². The highest BCUT2D eigenvalue weighted by Crippen LogP contribution is 2.27.